The van der Waals surface area contributed by atoms with E-state index >= 15 is 0 Å². The van der Waals surface area contributed by atoms with Gasteiger partial charge < -0.3 is 17.2 Å². The maximum absolute atomic E-state index is 11.1. The molecule has 1 unspecified atom stereocenters. The minimum absolute atomic E-state index is 0.186. The predicted molar refractivity (Wildman–Crippen MR) is 63.9 cm³/mol. The first-order chi connectivity index (χ1) is 7.34. The van der Waals surface area contributed by atoms with Crippen LogP contribution in [0.4, 0.5) is 5.82 Å². The molecular weight excluding hydrogens is 204 g/mol. The zero-order chi connectivity index (χ0) is 12.5. The van der Waals surface area contributed by atoms with Crippen LogP contribution in [-0.4, -0.2) is 10.9 Å². The van der Waals surface area contributed by atoms with Gasteiger partial charge in [0.25, 0.3) is 5.91 Å². The molecule has 1 amide bonds. The number of nitrogen functional groups attached to an aromatic ring is 1. The van der Waals surface area contributed by atoms with Crippen LogP contribution >= 0.6 is 0 Å². The summed E-state index contributed by atoms with van der Waals surface area (Å²) in [6.45, 7) is 5.85. The van der Waals surface area contributed by atoms with Crippen molar-refractivity contribution in [2.75, 3.05) is 5.73 Å². The Morgan fingerprint density at radius 1 is 1.38 bits per heavy atom. The molecule has 0 saturated heterocycles. The normalized spacial score (nSPS) is 12.8. The van der Waals surface area contributed by atoms with Crippen LogP contribution in [0.3, 0.4) is 0 Å². The summed E-state index contributed by atoms with van der Waals surface area (Å²) in [6.07, 6.45) is 0. The smallest absolute Gasteiger partial charge is 0.267 e. The lowest BCUT2D eigenvalue weighted by Gasteiger charge is -2.18. The van der Waals surface area contributed by atoms with E-state index in [0.29, 0.717) is 0 Å². The number of anilines is 1. The number of pyridine rings is 1. The zero-order valence-electron chi connectivity index (χ0n) is 9.82. The largest absolute Gasteiger partial charge is 0.383 e. The maximum Gasteiger partial charge on any atom is 0.267 e. The number of amides is 1. The molecule has 1 heterocycles. The number of rotatable bonds is 3. The van der Waals surface area contributed by atoms with Crippen LogP contribution in [0.2, 0.25) is 0 Å². The van der Waals surface area contributed by atoms with Crippen LogP contribution in [0.5, 0.6) is 0 Å². The van der Waals surface area contributed by atoms with Crippen molar-refractivity contribution in [1.29, 1.82) is 0 Å². The van der Waals surface area contributed by atoms with Crippen LogP contribution < -0.4 is 17.2 Å². The van der Waals surface area contributed by atoms with Gasteiger partial charge in [0.1, 0.15) is 11.5 Å². The van der Waals surface area contributed by atoms with Gasteiger partial charge in [0.2, 0.25) is 0 Å². The first kappa shape index (κ1) is 12.4. The molecule has 0 fully saturated rings. The second kappa shape index (κ2) is 4.49. The van der Waals surface area contributed by atoms with Crippen molar-refractivity contribution >= 4 is 11.7 Å². The molecule has 0 radical (unpaired) electrons. The first-order valence-corrected chi connectivity index (χ1v) is 5.20. The number of primary amides is 1. The third-order valence-electron chi connectivity index (χ3n) is 2.45. The minimum Gasteiger partial charge on any atom is -0.383 e. The van der Waals surface area contributed by atoms with E-state index in [2.05, 4.69) is 4.98 Å². The average molecular weight is 222 g/mol. The Hall–Kier alpha value is -1.62. The molecule has 0 spiro atoms. The Morgan fingerprint density at radius 2 is 1.94 bits per heavy atom. The molecule has 5 nitrogen and oxygen atoms in total. The van der Waals surface area contributed by atoms with Crippen molar-refractivity contribution in [3.05, 3.63) is 22.9 Å². The quantitative estimate of drug-likeness (QED) is 0.706. The summed E-state index contributed by atoms with van der Waals surface area (Å²) in [5.41, 5.74) is 18.7. The van der Waals surface area contributed by atoms with E-state index in [4.69, 9.17) is 17.2 Å². The molecule has 0 aliphatic rings. The van der Waals surface area contributed by atoms with Crippen molar-refractivity contribution in [2.24, 2.45) is 11.5 Å². The Bertz CT molecular complexity index is 413. The van der Waals surface area contributed by atoms with Gasteiger partial charge in [-0.25, -0.2) is 4.98 Å². The highest BCUT2D eigenvalue weighted by Crippen LogP contribution is 2.28. The summed E-state index contributed by atoms with van der Waals surface area (Å²) < 4.78 is 0. The zero-order valence-corrected chi connectivity index (χ0v) is 9.82. The summed E-state index contributed by atoms with van der Waals surface area (Å²) in [6, 6.07) is 1.45. The average Bonchev–Trinajstić information content (AvgIpc) is 2.15. The first-order valence-electron chi connectivity index (χ1n) is 5.20. The molecule has 1 aromatic rings. The van der Waals surface area contributed by atoms with Crippen LogP contribution in [0, 0.1) is 0 Å². The molecule has 1 rings (SSSR count). The van der Waals surface area contributed by atoms with E-state index in [1.54, 1.807) is 6.07 Å². The predicted octanol–water partition coefficient (Wildman–Crippen LogP) is 0.906. The lowest BCUT2D eigenvalue weighted by Crippen LogP contribution is -2.19. The fourth-order valence-corrected chi connectivity index (χ4v) is 1.70. The van der Waals surface area contributed by atoms with Crippen molar-refractivity contribution in [3.8, 4) is 0 Å². The van der Waals surface area contributed by atoms with Crippen molar-refractivity contribution < 1.29 is 4.79 Å². The lowest BCUT2D eigenvalue weighted by molar-refractivity contribution is 0.0995. The van der Waals surface area contributed by atoms with Crippen molar-refractivity contribution in [1.82, 2.24) is 4.98 Å². The summed E-state index contributed by atoms with van der Waals surface area (Å²) in [5.74, 6) is -0.0794. The Morgan fingerprint density at radius 3 is 2.31 bits per heavy atom. The fourth-order valence-electron chi connectivity index (χ4n) is 1.70. The van der Waals surface area contributed by atoms with E-state index in [1.807, 2.05) is 20.8 Å². The molecule has 0 saturated carbocycles. The summed E-state index contributed by atoms with van der Waals surface area (Å²) in [4.78, 5) is 15.0. The molecule has 0 aliphatic heterocycles. The highest BCUT2D eigenvalue weighted by Gasteiger charge is 2.17. The molecule has 5 heteroatoms. The molecule has 0 aromatic carbocycles. The van der Waals surface area contributed by atoms with E-state index < -0.39 is 5.91 Å². The molecule has 0 aliphatic carbocycles. The molecule has 1 aromatic heterocycles. The van der Waals surface area contributed by atoms with Gasteiger partial charge in [-0.15, -0.1) is 0 Å². The number of aromatic nitrogens is 1. The Balaban J connectivity index is 3.45. The highest BCUT2D eigenvalue weighted by atomic mass is 16.1. The van der Waals surface area contributed by atoms with E-state index in [9.17, 15) is 4.79 Å². The van der Waals surface area contributed by atoms with Crippen LogP contribution in [-0.2, 0) is 0 Å². The van der Waals surface area contributed by atoms with Crippen LogP contribution in [0.15, 0.2) is 6.07 Å². The van der Waals surface area contributed by atoms with Gasteiger partial charge in [0.05, 0.1) is 0 Å². The van der Waals surface area contributed by atoms with Crippen molar-refractivity contribution in [2.45, 2.75) is 32.7 Å². The summed E-state index contributed by atoms with van der Waals surface area (Å²) >= 11 is 0. The topological polar surface area (TPSA) is 108 Å². The Labute approximate surface area is 95.0 Å². The van der Waals surface area contributed by atoms with E-state index in [0.717, 1.165) is 11.1 Å². The third-order valence-corrected chi connectivity index (χ3v) is 2.45. The van der Waals surface area contributed by atoms with Gasteiger partial charge in [-0.05, 0) is 24.5 Å². The monoisotopic (exact) mass is 222 g/mol. The van der Waals surface area contributed by atoms with Crippen molar-refractivity contribution in [3.63, 3.8) is 0 Å². The maximum atomic E-state index is 11.1. The number of hydrogen-bond donors (Lipinski definition) is 3. The summed E-state index contributed by atoms with van der Waals surface area (Å²) in [5, 5.41) is 0. The van der Waals surface area contributed by atoms with Gasteiger partial charge in [0, 0.05) is 11.6 Å². The molecule has 88 valence electrons. The number of carbonyl (C=O) groups excluding carboxylic acids is 1. The van der Waals surface area contributed by atoms with Gasteiger partial charge in [0.15, 0.2) is 0 Å². The second-order valence-corrected chi connectivity index (χ2v) is 4.20. The van der Waals surface area contributed by atoms with Gasteiger partial charge in [-0.2, -0.15) is 0 Å². The number of carbonyl (C=O) groups is 1. The SMILES string of the molecule is CC(C)c1cc(C(N)=O)nc(N)c1C(C)N. The second-order valence-electron chi connectivity index (χ2n) is 4.20. The molecule has 6 N–H and O–H groups in total. The number of hydrogen-bond acceptors (Lipinski definition) is 4. The standard InChI is InChI=1S/C11H18N4O/c1-5(2)7-4-8(11(14)16)15-10(13)9(7)6(3)12/h4-6H,12H2,1-3H3,(H2,13,15)(H2,14,16). The fraction of sp³-hybridized carbons (Fsp3) is 0.455. The molecule has 0 bridgehead atoms. The third kappa shape index (κ3) is 2.30. The lowest BCUT2D eigenvalue weighted by atomic mass is 9.93. The minimum atomic E-state index is -0.579. The molecule has 16 heavy (non-hydrogen) atoms. The van der Waals surface area contributed by atoms with Gasteiger partial charge >= 0.3 is 0 Å². The number of nitrogens with zero attached hydrogens (tertiary/aromatic N) is 1. The van der Waals surface area contributed by atoms with E-state index in [1.165, 1.54) is 0 Å². The Kier molecular flexibility index (Phi) is 3.49. The van der Waals surface area contributed by atoms with Gasteiger partial charge in [-0.3, -0.25) is 4.79 Å². The summed E-state index contributed by atoms with van der Waals surface area (Å²) in [7, 11) is 0. The number of nitrogens with two attached hydrogens (primary N) is 3. The van der Waals surface area contributed by atoms with Crippen LogP contribution in [0.25, 0.3) is 0 Å². The van der Waals surface area contributed by atoms with Gasteiger partial charge in [-0.1, -0.05) is 13.8 Å². The highest BCUT2D eigenvalue weighted by molar-refractivity contribution is 5.91. The molecular formula is C11H18N4O. The molecule has 1 atom stereocenters. The van der Waals surface area contributed by atoms with Crippen LogP contribution in [0.1, 0.15) is 54.3 Å². The van der Waals surface area contributed by atoms with E-state index in [-0.39, 0.29) is 23.5 Å².